The van der Waals surface area contributed by atoms with Gasteiger partial charge < -0.3 is 4.90 Å². The molecule has 256 valence electrons. The third kappa shape index (κ3) is 5.16. The lowest BCUT2D eigenvalue weighted by molar-refractivity contribution is 0.660. The third-order valence-corrected chi connectivity index (χ3v) is 10.9. The van der Waals surface area contributed by atoms with E-state index in [1.165, 1.54) is 22.3 Å². The van der Waals surface area contributed by atoms with E-state index in [-0.39, 0.29) is 51.1 Å². The lowest BCUT2D eigenvalue weighted by atomic mass is 9.82. The average Bonchev–Trinajstić information content (AvgIpc) is 3.54. The molecule has 1 nitrogen and oxygen atoms in total. The molecule has 0 bridgehead atoms. The standard InChI is InChI=1S/C53H39N/c1-53(2)49-26-14-13-24-45(49)46-33-32-41(35-50(46)53)54(40-30-28-37(29-31-40)36-16-5-3-6-17-36)51-27-15-25-47(52(51)38-18-7-4-8-19-38)48-34-39-20-9-10-21-42(39)43-22-11-12-23-44(43)48/h3-35H,1-2H3/i9D,10D,11D,12D,20D,21D,22D,23D. The Bertz CT molecular complexity index is 3290. The van der Waals surface area contributed by atoms with Gasteiger partial charge in [0.1, 0.15) is 0 Å². The first-order valence-corrected chi connectivity index (χ1v) is 18.2. The van der Waals surface area contributed by atoms with Gasteiger partial charge in [0.15, 0.2) is 0 Å². The number of rotatable bonds is 6. The van der Waals surface area contributed by atoms with Crippen LogP contribution < -0.4 is 4.90 Å². The Morgan fingerprint density at radius 2 is 1.02 bits per heavy atom. The highest BCUT2D eigenvalue weighted by molar-refractivity contribution is 6.15. The third-order valence-electron chi connectivity index (χ3n) is 10.9. The van der Waals surface area contributed by atoms with Crippen molar-refractivity contribution in [2.75, 3.05) is 4.90 Å². The summed E-state index contributed by atoms with van der Waals surface area (Å²) in [5, 5.41) is 0.454. The fraction of sp³-hybridized carbons (Fsp3) is 0.0566. The number of fused-ring (bicyclic) bond motifs is 6. The first-order chi connectivity index (χ1) is 29.9. The van der Waals surface area contributed by atoms with Gasteiger partial charge in [-0.1, -0.05) is 177 Å². The van der Waals surface area contributed by atoms with E-state index < -0.39 is 24.2 Å². The van der Waals surface area contributed by atoms with Crippen molar-refractivity contribution in [3.05, 3.63) is 211 Å². The smallest absolute Gasteiger partial charge is 0.0629 e. The van der Waals surface area contributed by atoms with Gasteiger partial charge in [-0.3, -0.25) is 0 Å². The van der Waals surface area contributed by atoms with E-state index in [9.17, 15) is 2.74 Å². The molecular formula is C53H39N. The zero-order valence-corrected chi connectivity index (χ0v) is 29.9. The molecule has 10 rings (SSSR count). The molecule has 0 amide bonds. The van der Waals surface area contributed by atoms with Crippen molar-refractivity contribution in [1.82, 2.24) is 0 Å². The summed E-state index contributed by atoms with van der Waals surface area (Å²) in [7, 11) is 0. The molecule has 1 aliphatic rings. The van der Waals surface area contributed by atoms with Crippen LogP contribution in [0.25, 0.3) is 66.1 Å². The van der Waals surface area contributed by atoms with Crippen LogP contribution in [0.15, 0.2) is 200 Å². The molecule has 0 radical (unpaired) electrons. The largest absolute Gasteiger partial charge is 0.310 e. The molecule has 9 aromatic rings. The predicted molar refractivity (Wildman–Crippen MR) is 230 cm³/mol. The maximum Gasteiger partial charge on any atom is 0.0629 e. The Morgan fingerprint density at radius 3 is 1.80 bits per heavy atom. The van der Waals surface area contributed by atoms with E-state index >= 15 is 0 Å². The van der Waals surface area contributed by atoms with E-state index in [0.29, 0.717) is 11.1 Å². The Balaban J connectivity index is 1.31. The topological polar surface area (TPSA) is 3.24 Å². The molecule has 0 N–H and O–H groups in total. The van der Waals surface area contributed by atoms with Gasteiger partial charge in [-0.05, 0) is 108 Å². The zero-order valence-electron chi connectivity index (χ0n) is 37.9. The van der Waals surface area contributed by atoms with Gasteiger partial charge >= 0.3 is 0 Å². The molecule has 0 aliphatic heterocycles. The summed E-state index contributed by atoms with van der Waals surface area (Å²) in [5.41, 5.74) is 12.1. The highest BCUT2D eigenvalue weighted by Crippen LogP contribution is 2.52. The second-order valence-corrected chi connectivity index (χ2v) is 14.3. The quantitative estimate of drug-likeness (QED) is 0.156. The Morgan fingerprint density at radius 1 is 0.426 bits per heavy atom. The minimum atomic E-state index is -0.475. The second-order valence-electron chi connectivity index (χ2n) is 14.3. The highest BCUT2D eigenvalue weighted by atomic mass is 15.1. The van der Waals surface area contributed by atoms with Crippen LogP contribution in [0.2, 0.25) is 0 Å². The van der Waals surface area contributed by atoms with Crippen molar-refractivity contribution < 1.29 is 11.0 Å². The van der Waals surface area contributed by atoms with Crippen LogP contribution in [0, 0.1) is 0 Å². The molecule has 0 aromatic heterocycles. The van der Waals surface area contributed by atoms with Gasteiger partial charge in [0.05, 0.1) is 16.7 Å². The summed E-state index contributed by atoms with van der Waals surface area (Å²) in [5.74, 6) is 0. The van der Waals surface area contributed by atoms with Crippen molar-refractivity contribution in [3.8, 4) is 44.5 Å². The molecule has 0 atom stereocenters. The number of benzene rings is 9. The molecule has 1 heteroatoms. The average molecular weight is 698 g/mol. The van der Waals surface area contributed by atoms with Crippen LogP contribution >= 0.6 is 0 Å². The highest BCUT2D eigenvalue weighted by Gasteiger charge is 2.36. The maximum absolute atomic E-state index is 9.35. The summed E-state index contributed by atoms with van der Waals surface area (Å²) >= 11 is 0. The first-order valence-electron chi connectivity index (χ1n) is 22.2. The van der Waals surface area contributed by atoms with E-state index in [4.69, 9.17) is 8.22 Å². The minimum Gasteiger partial charge on any atom is -0.310 e. The van der Waals surface area contributed by atoms with Crippen LogP contribution in [-0.2, 0) is 5.41 Å². The lowest BCUT2D eigenvalue weighted by Gasteiger charge is -2.31. The number of anilines is 3. The molecule has 0 heterocycles. The molecule has 0 unspecified atom stereocenters. The molecule has 1 aliphatic carbocycles. The molecule has 0 saturated carbocycles. The van der Waals surface area contributed by atoms with E-state index in [1.54, 1.807) is 6.07 Å². The van der Waals surface area contributed by atoms with Crippen molar-refractivity contribution in [1.29, 1.82) is 0 Å². The van der Waals surface area contributed by atoms with Crippen LogP contribution in [0.1, 0.15) is 35.9 Å². The van der Waals surface area contributed by atoms with Crippen LogP contribution in [0.4, 0.5) is 17.1 Å². The Hall–Kier alpha value is -6.70. The molecule has 9 aromatic carbocycles. The summed E-state index contributed by atoms with van der Waals surface area (Å²) in [6, 6.07) is 48.4. The van der Waals surface area contributed by atoms with Crippen LogP contribution in [0.5, 0.6) is 0 Å². The summed E-state index contributed by atoms with van der Waals surface area (Å²) in [6.07, 6.45) is 0. The predicted octanol–water partition coefficient (Wildman–Crippen LogP) is 14.8. The van der Waals surface area contributed by atoms with Crippen molar-refractivity contribution in [3.63, 3.8) is 0 Å². The molecule has 0 spiro atoms. The van der Waals surface area contributed by atoms with Crippen molar-refractivity contribution in [2.24, 2.45) is 0 Å². The fourth-order valence-corrected chi connectivity index (χ4v) is 8.31. The molecular weight excluding hydrogens is 651 g/mol. The SMILES string of the molecule is [2H]c1c([2H])c([2H])c2c(cc(-c3cccc(N(c4ccc(-c5ccccc5)cc4)c4ccc5c(c4)C(C)(C)c4ccccc4-5)c3-c3ccccc3)c3c([2H])c([2H])c([2H])c([2H])c32)c1[2H]. The lowest BCUT2D eigenvalue weighted by Crippen LogP contribution is -2.17. The van der Waals surface area contributed by atoms with Gasteiger partial charge in [-0.2, -0.15) is 0 Å². The van der Waals surface area contributed by atoms with Crippen molar-refractivity contribution >= 4 is 38.6 Å². The maximum atomic E-state index is 9.35. The van der Waals surface area contributed by atoms with Gasteiger partial charge in [0.25, 0.3) is 0 Å². The molecule has 54 heavy (non-hydrogen) atoms. The minimum absolute atomic E-state index is 0.0497. The van der Waals surface area contributed by atoms with Gasteiger partial charge in [0.2, 0.25) is 0 Å². The number of hydrogen-bond acceptors (Lipinski definition) is 1. The van der Waals surface area contributed by atoms with Gasteiger partial charge in [-0.25, -0.2) is 0 Å². The fourth-order valence-electron chi connectivity index (χ4n) is 8.31. The van der Waals surface area contributed by atoms with Crippen LogP contribution in [-0.4, -0.2) is 0 Å². The Kier molecular flexibility index (Phi) is 5.79. The second kappa shape index (κ2) is 12.8. The van der Waals surface area contributed by atoms with Gasteiger partial charge in [0, 0.05) is 22.4 Å². The number of hydrogen-bond donors (Lipinski definition) is 0. The summed E-state index contributed by atoms with van der Waals surface area (Å²) in [4.78, 5) is 2.24. The Labute approximate surface area is 328 Å². The van der Waals surface area contributed by atoms with E-state index in [0.717, 1.165) is 39.3 Å². The normalized spacial score (nSPS) is 14.9. The van der Waals surface area contributed by atoms with Crippen LogP contribution in [0.3, 0.4) is 0 Å². The first kappa shape index (κ1) is 24.5. The van der Waals surface area contributed by atoms with E-state index in [1.807, 2.05) is 60.7 Å². The number of nitrogens with zero attached hydrogens (tertiary/aromatic N) is 1. The summed E-state index contributed by atoms with van der Waals surface area (Å²) < 4.78 is 71.3. The monoisotopic (exact) mass is 697 g/mol. The molecule has 0 saturated heterocycles. The van der Waals surface area contributed by atoms with E-state index in [2.05, 4.69) is 104 Å². The summed E-state index contributed by atoms with van der Waals surface area (Å²) in [6.45, 7) is 4.52. The molecule has 0 fully saturated rings. The zero-order chi connectivity index (χ0) is 43.2. The van der Waals surface area contributed by atoms with Crippen molar-refractivity contribution in [2.45, 2.75) is 19.3 Å². The van der Waals surface area contributed by atoms with Gasteiger partial charge in [-0.15, -0.1) is 0 Å².